The third-order valence-corrected chi connectivity index (χ3v) is 4.55. The maximum absolute atomic E-state index is 9.19. The summed E-state index contributed by atoms with van der Waals surface area (Å²) < 4.78 is 3.34. The van der Waals surface area contributed by atoms with Crippen LogP contribution in [0.5, 0.6) is 0 Å². The molecule has 0 bridgehead atoms. The summed E-state index contributed by atoms with van der Waals surface area (Å²) in [6.45, 7) is 4.21. The minimum absolute atomic E-state index is 0.0847. The number of aromatic nitrogens is 2. The molecule has 0 spiro atoms. The first-order chi connectivity index (χ1) is 9.19. The van der Waals surface area contributed by atoms with Crippen LogP contribution in [-0.2, 0) is 6.42 Å². The zero-order chi connectivity index (χ0) is 13.4. The van der Waals surface area contributed by atoms with E-state index in [1.807, 2.05) is 12.4 Å². The molecule has 0 fully saturated rings. The van der Waals surface area contributed by atoms with Crippen LogP contribution >= 0.6 is 11.3 Å². The second-order valence-electron chi connectivity index (χ2n) is 5.17. The van der Waals surface area contributed by atoms with Gasteiger partial charge in [0, 0.05) is 12.4 Å². The maximum Gasteiger partial charge on any atom is 0.194 e. The number of thiazole rings is 1. The molecule has 3 rings (SSSR count). The Morgan fingerprint density at radius 3 is 3.00 bits per heavy atom. The van der Waals surface area contributed by atoms with Crippen LogP contribution in [0.25, 0.3) is 15.2 Å². The van der Waals surface area contributed by atoms with Crippen LogP contribution in [0.15, 0.2) is 30.6 Å². The number of nitriles is 1. The van der Waals surface area contributed by atoms with Gasteiger partial charge in [-0.15, -0.1) is 0 Å². The number of hydrogen-bond acceptors (Lipinski definition) is 3. The van der Waals surface area contributed by atoms with E-state index in [4.69, 9.17) is 0 Å². The molecular formula is C15H15N3S. The molecule has 0 amide bonds. The second-order valence-corrected chi connectivity index (χ2v) is 6.18. The van der Waals surface area contributed by atoms with E-state index in [0.717, 1.165) is 11.4 Å². The highest BCUT2D eigenvalue weighted by Crippen LogP contribution is 2.27. The summed E-state index contributed by atoms with van der Waals surface area (Å²) >= 11 is 1.69. The molecule has 0 N–H and O–H groups in total. The van der Waals surface area contributed by atoms with Crippen LogP contribution in [0.3, 0.4) is 0 Å². The van der Waals surface area contributed by atoms with Gasteiger partial charge < -0.3 is 0 Å². The van der Waals surface area contributed by atoms with Gasteiger partial charge in [-0.05, 0) is 30.0 Å². The van der Waals surface area contributed by atoms with E-state index in [0.29, 0.717) is 5.92 Å². The Morgan fingerprint density at radius 2 is 2.26 bits per heavy atom. The average Bonchev–Trinajstić information content (AvgIpc) is 2.95. The Kier molecular flexibility index (Phi) is 3.00. The molecule has 2 aromatic heterocycles. The standard InChI is InChI=1S/C15H15N3S/c1-10(2)12(9-16)7-11-3-4-13-14(8-11)19-15-17-5-6-18(13)15/h3-6,8,10,12H,7H2,1-2H3. The van der Waals surface area contributed by atoms with Crippen LogP contribution in [0.4, 0.5) is 0 Å². The molecule has 1 unspecified atom stereocenters. The first-order valence-corrected chi connectivity index (χ1v) is 7.25. The summed E-state index contributed by atoms with van der Waals surface area (Å²) in [7, 11) is 0. The Bertz CT molecular complexity index is 760. The number of benzene rings is 1. The van der Waals surface area contributed by atoms with Gasteiger partial charge in [-0.1, -0.05) is 31.3 Å². The van der Waals surface area contributed by atoms with Crippen molar-refractivity contribution < 1.29 is 0 Å². The molecule has 0 aliphatic rings. The monoisotopic (exact) mass is 269 g/mol. The highest BCUT2D eigenvalue weighted by molar-refractivity contribution is 7.23. The van der Waals surface area contributed by atoms with Crippen LogP contribution in [-0.4, -0.2) is 9.38 Å². The molecule has 4 heteroatoms. The van der Waals surface area contributed by atoms with Crippen LogP contribution in [0, 0.1) is 23.2 Å². The van der Waals surface area contributed by atoms with Gasteiger partial charge in [-0.3, -0.25) is 4.40 Å². The van der Waals surface area contributed by atoms with Crippen molar-refractivity contribution in [1.29, 1.82) is 5.26 Å². The van der Waals surface area contributed by atoms with Crippen molar-refractivity contribution >= 4 is 26.5 Å². The van der Waals surface area contributed by atoms with E-state index in [9.17, 15) is 5.26 Å². The fourth-order valence-corrected chi connectivity index (χ4v) is 3.35. The quantitative estimate of drug-likeness (QED) is 0.724. The van der Waals surface area contributed by atoms with E-state index in [1.165, 1.54) is 15.8 Å². The lowest BCUT2D eigenvalue weighted by Gasteiger charge is -2.12. The van der Waals surface area contributed by atoms with E-state index in [-0.39, 0.29) is 5.92 Å². The molecular weight excluding hydrogens is 254 g/mol. The van der Waals surface area contributed by atoms with Gasteiger partial charge in [0.15, 0.2) is 4.96 Å². The first kappa shape index (κ1) is 12.2. The number of rotatable bonds is 3. The van der Waals surface area contributed by atoms with Gasteiger partial charge in [-0.25, -0.2) is 4.98 Å². The lowest BCUT2D eigenvalue weighted by molar-refractivity contribution is 0.474. The molecule has 3 aromatic rings. The number of fused-ring (bicyclic) bond motifs is 3. The van der Waals surface area contributed by atoms with Crippen molar-refractivity contribution in [3.05, 3.63) is 36.2 Å². The molecule has 2 heterocycles. The minimum Gasteiger partial charge on any atom is -0.290 e. The molecule has 0 saturated heterocycles. The Morgan fingerprint density at radius 1 is 1.42 bits per heavy atom. The van der Waals surface area contributed by atoms with E-state index in [2.05, 4.69) is 47.5 Å². The van der Waals surface area contributed by atoms with Crippen LogP contribution in [0.1, 0.15) is 19.4 Å². The number of hydrogen-bond donors (Lipinski definition) is 0. The molecule has 3 nitrogen and oxygen atoms in total. The molecule has 96 valence electrons. The third kappa shape index (κ3) is 2.11. The van der Waals surface area contributed by atoms with Crippen molar-refractivity contribution in [3.63, 3.8) is 0 Å². The molecule has 0 radical (unpaired) electrons. The largest absolute Gasteiger partial charge is 0.290 e. The van der Waals surface area contributed by atoms with Gasteiger partial charge in [0.25, 0.3) is 0 Å². The summed E-state index contributed by atoms with van der Waals surface area (Å²) in [6, 6.07) is 8.86. The Balaban J connectivity index is 1.99. The molecule has 1 aromatic carbocycles. The number of nitrogens with zero attached hydrogens (tertiary/aromatic N) is 3. The highest BCUT2D eigenvalue weighted by atomic mass is 32.1. The predicted molar refractivity (Wildman–Crippen MR) is 78.2 cm³/mol. The fourth-order valence-electron chi connectivity index (χ4n) is 2.30. The van der Waals surface area contributed by atoms with Crippen molar-refractivity contribution in [2.24, 2.45) is 11.8 Å². The third-order valence-electron chi connectivity index (χ3n) is 3.52. The van der Waals surface area contributed by atoms with Crippen molar-refractivity contribution in [2.75, 3.05) is 0 Å². The topological polar surface area (TPSA) is 41.1 Å². The van der Waals surface area contributed by atoms with Crippen molar-refractivity contribution in [3.8, 4) is 6.07 Å². The van der Waals surface area contributed by atoms with Crippen molar-refractivity contribution in [2.45, 2.75) is 20.3 Å². The minimum atomic E-state index is 0.0847. The lowest BCUT2D eigenvalue weighted by Crippen LogP contribution is -2.09. The molecule has 0 aliphatic carbocycles. The lowest BCUT2D eigenvalue weighted by atomic mass is 9.90. The zero-order valence-electron chi connectivity index (χ0n) is 11.0. The van der Waals surface area contributed by atoms with Gasteiger partial charge in [0.1, 0.15) is 0 Å². The summed E-state index contributed by atoms with van der Waals surface area (Å²) in [6.07, 6.45) is 4.63. The molecule has 1 atom stereocenters. The zero-order valence-corrected chi connectivity index (χ0v) is 11.8. The van der Waals surface area contributed by atoms with Crippen LogP contribution in [0.2, 0.25) is 0 Å². The second kappa shape index (κ2) is 4.67. The summed E-state index contributed by atoms with van der Waals surface area (Å²) in [5, 5.41) is 9.19. The van der Waals surface area contributed by atoms with Gasteiger partial charge in [0.2, 0.25) is 0 Å². The molecule has 0 saturated carbocycles. The number of imidazole rings is 1. The summed E-state index contributed by atoms with van der Waals surface area (Å²) in [5.41, 5.74) is 2.43. The Labute approximate surface area is 116 Å². The van der Waals surface area contributed by atoms with E-state index in [1.54, 1.807) is 11.3 Å². The van der Waals surface area contributed by atoms with Gasteiger partial charge in [-0.2, -0.15) is 5.26 Å². The summed E-state index contributed by atoms with van der Waals surface area (Å²) in [5.74, 6) is 0.475. The fraction of sp³-hybridized carbons (Fsp3) is 0.333. The van der Waals surface area contributed by atoms with Gasteiger partial charge in [0.05, 0.1) is 22.2 Å². The SMILES string of the molecule is CC(C)C(C#N)Cc1ccc2c(c1)sc1nccn12. The van der Waals surface area contributed by atoms with E-state index >= 15 is 0 Å². The van der Waals surface area contributed by atoms with Crippen LogP contribution < -0.4 is 0 Å². The maximum atomic E-state index is 9.19. The smallest absolute Gasteiger partial charge is 0.194 e. The Hall–Kier alpha value is -1.86. The first-order valence-electron chi connectivity index (χ1n) is 6.43. The van der Waals surface area contributed by atoms with E-state index < -0.39 is 0 Å². The predicted octanol–water partition coefficient (Wildman–Crippen LogP) is 3.89. The van der Waals surface area contributed by atoms with Gasteiger partial charge >= 0.3 is 0 Å². The average molecular weight is 269 g/mol. The normalized spacial score (nSPS) is 13.2. The van der Waals surface area contributed by atoms with Crippen molar-refractivity contribution in [1.82, 2.24) is 9.38 Å². The molecule has 19 heavy (non-hydrogen) atoms. The molecule has 0 aliphatic heterocycles. The summed E-state index contributed by atoms with van der Waals surface area (Å²) in [4.78, 5) is 5.34. The highest BCUT2D eigenvalue weighted by Gasteiger charge is 2.14.